The predicted octanol–water partition coefficient (Wildman–Crippen LogP) is 3.71. The van der Waals surface area contributed by atoms with Crippen molar-refractivity contribution in [2.24, 2.45) is 5.92 Å². The van der Waals surface area contributed by atoms with E-state index in [1.165, 1.54) is 12.8 Å². The van der Waals surface area contributed by atoms with E-state index in [1.54, 1.807) is 18.7 Å². The average molecular weight is 457 g/mol. The van der Waals surface area contributed by atoms with Crippen molar-refractivity contribution < 1.29 is 4.42 Å². The number of fused-ring (bicyclic) bond motifs is 2. The van der Waals surface area contributed by atoms with Gasteiger partial charge in [0.25, 0.3) is 0 Å². The van der Waals surface area contributed by atoms with Crippen molar-refractivity contribution in [2.75, 3.05) is 31.5 Å². The quantitative estimate of drug-likeness (QED) is 0.367. The number of likely N-dealkylation sites (tertiary alicyclic amines) is 1. The van der Waals surface area contributed by atoms with Crippen molar-refractivity contribution in [3.63, 3.8) is 0 Å². The molecule has 0 saturated carbocycles. The maximum Gasteiger partial charge on any atom is 0.201 e. The van der Waals surface area contributed by atoms with Gasteiger partial charge in [0.1, 0.15) is 17.1 Å². The first kappa shape index (κ1) is 20.9. The minimum Gasteiger partial charge on any atom is -0.467 e. The van der Waals surface area contributed by atoms with Crippen LogP contribution in [0.3, 0.4) is 0 Å². The van der Waals surface area contributed by atoms with E-state index in [1.807, 2.05) is 36.5 Å². The second kappa shape index (κ2) is 9.26. The van der Waals surface area contributed by atoms with E-state index in [2.05, 4.69) is 34.7 Å². The predicted molar refractivity (Wildman–Crippen MR) is 131 cm³/mol. The van der Waals surface area contributed by atoms with Crippen LogP contribution in [0.15, 0.2) is 59.6 Å². The Labute approximate surface area is 197 Å². The molecule has 2 N–H and O–H groups in total. The lowest BCUT2D eigenvalue weighted by Gasteiger charge is -2.31. The smallest absolute Gasteiger partial charge is 0.201 e. The number of furan rings is 1. The second-order valence-electron chi connectivity index (χ2n) is 8.93. The first-order valence-electron chi connectivity index (χ1n) is 11.9. The van der Waals surface area contributed by atoms with Crippen LogP contribution in [-0.4, -0.2) is 60.6 Å². The van der Waals surface area contributed by atoms with Crippen molar-refractivity contribution in [1.82, 2.24) is 34.4 Å². The summed E-state index contributed by atoms with van der Waals surface area (Å²) >= 11 is 0. The Morgan fingerprint density at radius 3 is 2.85 bits per heavy atom. The van der Waals surface area contributed by atoms with E-state index >= 15 is 0 Å². The largest absolute Gasteiger partial charge is 0.467 e. The average Bonchev–Trinajstić information content (AvgIpc) is 3.60. The Bertz CT molecular complexity index is 1330. The molecule has 6 rings (SSSR count). The zero-order valence-corrected chi connectivity index (χ0v) is 19.0. The molecule has 9 heteroatoms. The molecule has 0 radical (unpaired) electrons. The van der Waals surface area contributed by atoms with E-state index in [0.717, 1.165) is 72.3 Å². The zero-order chi connectivity index (χ0) is 22.7. The summed E-state index contributed by atoms with van der Waals surface area (Å²) in [4.78, 5) is 24.0. The molecule has 1 fully saturated rings. The number of hydrogen-bond acceptors (Lipinski definition) is 7. The number of H-pyrrole nitrogens is 1. The zero-order valence-electron chi connectivity index (χ0n) is 19.0. The SMILES string of the molecule is c1coc(Cn2c(CC3CCN(CCNc4nc5ccncc5[nH]4)CC3)nc3cccnc32)c1. The van der Waals surface area contributed by atoms with E-state index in [9.17, 15) is 0 Å². The standard InChI is InChI=1S/C25H28N8O/c1-4-21-24(27-8-1)33(17-19-3-2-14-34-19)23(29-21)15-18-6-11-32(12-7-18)13-10-28-25-30-20-5-9-26-16-22(20)31-25/h1-5,8-9,14,16,18H,6-7,10-13,15,17H2,(H2,28,30,31). The molecule has 0 aliphatic carbocycles. The van der Waals surface area contributed by atoms with Crippen LogP contribution < -0.4 is 5.32 Å². The fourth-order valence-corrected chi connectivity index (χ4v) is 4.83. The van der Waals surface area contributed by atoms with E-state index in [0.29, 0.717) is 12.5 Å². The van der Waals surface area contributed by atoms with Gasteiger partial charge in [0.2, 0.25) is 5.95 Å². The number of pyridine rings is 2. The van der Waals surface area contributed by atoms with Gasteiger partial charge in [-0.15, -0.1) is 0 Å². The van der Waals surface area contributed by atoms with Gasteiger partial charge in [0, 0.05) is 31.9 Å². The summed E-state index contributed by atoms with van der Waals surface area (Å²) in [5, 5.41) is 3.41. The van der Waals surface area contributed by atoms with Crippen LogP contribution in [0.5, 0.6) is 0 Å². The third kappa shape index (κ3) is 4.38. The summed E-state index contributed by atoms with van der Waals surface area (Å²) in [6.45, 7) is 4.74. The van der Waals surface area contributed by atoms with E-state index in [-0.39, 0.29) is 0 Å². The third-order valence-corrected chi connectivity index (χ3v) is 6.66. The number of imidazole rings is 2. The number of hydrogen-bond donors (Lipinski definition) is 2. The lowest BCUT2D eigenvalue weighted by molar-refractivity contribution is 0.188. The molecule has 0 amide bonds. The van der Waals surface area contributed by atoms with Crippen LogP contribution in [0, 0.1) is 5.92 Å². The molecule has 6 heterocycles. The number of aromatic nitrogens is 6. The lowest BCUT2D eigenvalue weighted by Crippen LogP contribution is -2.37. The maximum absolute atomic E-state index is 5.60. The Morgan fingerprint density at radius 1 is 1.06 bits per heavy atom. The molecule has 9 nitrogen and oxygen atoms in total. The molecule has 1 aliphatic heterocycles. The number of aromatic amines is 1. The van der Waals surface area contributed by atoms with Gasteiger partial charge < -0.3 is 24.2 Å². The molecule has 0 aromatic carbocycles. The van der Waals surface area contributed by atoms with Crippen LogP contribution in [0.4, 0.5) is 5.95 Å². The fourth-order valence-electron chi connectivity index (χ4n) is 4.83. The summed E-state index contributed by atoms with van der Waals surface area (Å²) in [6, 6.07) is 9.84. The molecular weight excluding hydrogens is 428 g/mol. The second-order valence-corrected chi connectivity index (χ2v) is 8.93. The first-order chi connectivity index (χ1) is 16.8. The van der Waals surface area contributed by atoms with Crippen molar-refractivity contribution in [3.05, 3.63) is 66.8 Å². The topological polar surface area (TPSA) is 101 Å². The van der Waals surface area contributed by atoms with Gasteiger partial charge in [-0.05, 0) is 62.2 Å². The van der Waals surface area contributed by atoms with Crippen LogP contribution in [-0.2, 0) is 13.0 Å². The van der Waals surface area contributed by atoms with Gasteiger partial charge in [-0.25, -0.2) is 15.0 Å². The monoisotopic (exact) mass is 456 g/mol. The molecular formula is C25H28N8O. The van der Waals surface area contributed by atoms with Gasteiger partial charge in [-0.1, -0.05) is 0 Å². The van der Waals surface area contributed by atoms with Gasteiger partial charge in [0.15, 0.2) is 5.65 Å². The van der Waals surface area contributed by atoms with E-state index < -0.39 is 0 Å². The van der Waals surface area contributed by atoms with Gasteiger partial charge in [-0.2, -0.15) is 0 Å². The molecule has 0 atom stereocenters. The molecule has 5 aromatic rings. The van der Waals surface area contributed by atoms with Crippen molar-refractivity contribution in [1.29, 1.82) is 0 Å². The van der Waals surface area contributed by atoms with Crippen LogP contribution in [0.2, 0.25) is 0 Å². The maximum atomic E-state index is 5.60. The molecule has 5 aromatic heterocycles. The minimum atomic E-state index is 0.624. The number of nitrogens with one attached hydrogen (secondary N) is 2. The molecule has 0 unspecified atom stereocenters. The molecule has 174 valence electrons. The summed E-state index contributed by atoms with van der Waals surface area (Å²) < 4.78 is 7.82. The third-order valence-electron chi connectivity index (χ3n) is 6.66. The summed E-state index contributed by atoms with van der Waals surface area (Å²) in [7, 11) is 0. The molecule has 0 bridgehead atoms. The van der Waals surface area contributed by atoms with Crippen molar-refractivity contribution in [2.45, 2.75) is 25.8 Å². The van der Waals surface area contributed by atoms with Crippen LogP contribution >= 0.6 is 0 Å². The highest BCUT2D eigenvalue weighted by Gasteiger charge is 2.22. The van der Waals surface area contributed by atoms with Crippen molar-refractivity contribution >= 4 is 28.1 Å². The normalized spacial score (nSPS) is 15.4. The number of nitrogens with zero attached hydrogens (tertiary/aromatic N) is 6. The first-order valence-corrected chi connectivity index (χ1v) is 11.9. The summed E-state index contributed by atoms with van der Waals surface area (Å²) in [5.41, 5.74) is 3.78. The Kier molecular flexibility index (Phi) is 5.68. The Hall–Kier alpha value is -3.72. The Morgan fingerprint density at radius 2 is 2.00 bits per heavy atom. The van der Waals surface area contributed by atoms with Gasteiger partial charge >= 0.3 is 0 Å². The van der Waals surface area contributed by atoms with E-state index in [4.69, 9.17) is 9.40 Å². The summed E-state index contributed by atoms with van der Waals surface area (Å²) in [5.74, 6) is 3.46. The van der Waals surface area contributed by atoms with Gasteiger partial charge in [-0.3, -0.25) is 4.98 Å². The molecule has 0 spiro atoms. The fraction of sp³-hybridized carbons (Fsp3) is 0.360. The van der Waals surface area contributed by atoms with Gasteiger partial charge in [0.05, 0.1) is 30.0 Å². The number of rotatable bonds is 8. The van der Waals surface area contributed by atoms with Crippen LogP contribution in [0.25, 0.3) is 22.2 Å². The highest BCUT2D eigenvalue weighted by Crippen LogP contribution is 2.24. The number of piperidine rings is 1. The summed E-state index contributed by atoms with van der Waals surface area (Å²) in [6.07, 6.45) is 10.4. The van der Waals surface area contributed by atoms with Crippen molar-refractivity contribution in [3.8, 4) is 0 Å². The van der Waals surface area contributed by atoms with Crippen LogP contribution in [0.1, 0.15) is 24.4 Å². The molecule has 34 heavy (non-hydrogen) atoms. The minimum absolute atomic E-state index is 0.624. The molecule has 1 aliphatic rings. The highest BCUT2D eigenvalue weighted by molar-refractivity contribution is 5.76. The lowest BCUT2D eigenvalue weighted by atomic mass is 9.93. The Balaban J connectivity index is 1.04. The highest BCUT2D eigenvalue weighted by atomic mass is 16.3. The number of anilines is 1. The molecule has 1 saturated heterocycles.